The molecule has 27 heavy (non-hydrogen) atoms. The number of hydrogen-bond acceptors (Lipinski definition) is 4. The zero-order valence-corrected chi connectivity index (χ0v) is 15.9. The first-order valence-electron chi connectivity index (χ1n) is 8.67. The molecule has 0 radical (unpaired) electrons. The van der Waals surface area contributed by atoms with Crippen molar-refractivity contribution in [2.75, 3.05) is 0 Å². The van der Waals surface area contributed by atoms with Crippen molar-refractivity contribution in [3.8, 4) is 28.5 Å². The molecule has 0 amide bonds. The minimum absolute atomic E-state index is 0.190. The van der Waals surface area contributed by atoms with Crippen molar-refractivity contribution in [3.63, 3.8) is 0 Å². The minimum Gasteiger partial charge on any atom is -0.507 e. The Morgan fingerprint density at radius 3 is 2.56 bits per heavy atom. The number of benzene rings is 2. The van der Waals surface area contributed by atoms with Crippen LogP contribution < -0.4 is 0 Å². The topological polar surface area (TPSA) is 71.7 Å². The molecule has 6 nitrogen and oxygen atoms in total. The summed E-state index contributed by atoms with van der Waals surface area (Å²) >= 11 is 5.45. The Hall–Kier alpha value is -3.19. The van der Waals surface area contributed by atoms with Crippen LogP contribution in [0.15, 0.2) is 55.1 Å². The standard InChI is InChI=1S/C20H19N5OS/c1-3-14-11-17(18(26)10-13(14)2)19-22-23-20(27)25(19)16-6-4-15(5-7-16)24-9-8-21-12-24/h4-12,26H,3H2,1-2H3,(H,23,27). The van der Waals surface area contributed by atoms with Gasteiger partial charge in [0.05, 0.1) is 17.6 Å². The van der Waals surface area contributed by atoms with E-state index in [1.54, 1.807) is 18.6 Å². The number of aromatic amines is 1. The maximum Gasteiger partial charge on any atom is 0.200 e. The molecule has 4 aromatic rings. The summed E-state index contributed by atoms with van der Waals surface area (Å²) in [6.07, 6.45) is 6.26. The molecule has 2 aromatic carbocycles. The molecular weight excluding hydrogens is 358 g/mol. The zero-order chi connectivity index (χ0) is 19.0. The predicted molar refractivity (Wildman–Crippen MR) is 107 cm³/mol. The van der Waals surface area contributed by atoms with Gasteiger partial charge in [0.15, 0.2) is 10.6 Å². The van der Waals surface area contributed by atoms with Gasteiger partial charge in [0.2, 0.25) is 0 Å². The van der Waals surface area contributed by atoms with E-state index in [0.29, 0.717) is 16.2 Å². The average Bonchev–Trinajstić information content (AvgIpc) is 3.32. The Balaban J connectivity index is 1.83. The third-order valence-corrected chi connectivity index (χ3v) is 4.93. The summed E-state index contributed by atoms with van der Waals surface area (Å²) in [5.41, 5.74) is 4.75. The van der Waals surface area contributed by atoms with Crippen molar-refractivity contribution in [1.29, 1.82) is 0 Å². The highest BCUT2D eigenvalue weighted by Gasteiger charge is 2.16. The molecule has 0 atom stereocenters. The summed E-state index contributed by atoms with van der Waals surface area (Å²) in [5, 5.41) is 17.7. The van der Waals surface area contributed by atoms with Crippen LogP contribution in [-0.2, 0) is 6.42 Å². The summed E-state index contributed by atoms with van der Waals surface area (Å²) < 4.78 is 4.23. The molecule has 0 fully saturated rings. The highest BCUT2D eigenvalue weighted by atomic mass is 32.1. The first kappa shape index (κ1) is 17.2. The fraction of sp³-hybridized carbons (Fsp3) is 0.150. The van der Waals surface area contributed by atoms with Gasteiger partial charge >= 0.3 is 0 Å². The number of rotatable bonds is 4. The van der Waals surface area contributed by atoms with Crippen LogP contribution >= 0.6 is 12.2 Å². The molecular formula is C20H19N5OS. The van der Waals surface area contributed by atoms with Gasteiger partial charge in [-0.25, -0.2) is 4.98 Å². The molecule has 0 bridgehead atoms. The second kappa shape index (κ2) is 6.85. The number of phenolic OH excluding ortho intramolecular Hbond substituents is 1. The van der Waals surface area contributed by atoms with Gasteiger partial charge in [0, 0.05) is 18.1 Å². The third-order valence-electron chi connectivity index (χ3n) is 4.66. The molecule has 0 aliphatic carbocycles. The number of H-pyrrole nitrogens is 1. The smallest absolute Gasteiger partial charge is 0.200 e. The molecule has 2 heterocycles. The zero-order valence-electron chi connectivity index (χ0n) is 15.0. The fourth-order valence-electron chi connectivity index (χ4n) is 3.20. The number of nitrogens with one attached hydrogen (secondary N) is 1. The Morgan fingerprint density at radius 2 is 1.89 bits per heavy atom. The van der Waals surface area contributed by atoms with Crippen LogP contribution in [-0.4, -0.2) is 29.4 Å². The molecule has 2 aromatic heterocycles. The average molecular weight is 377 g/mol. The van der Waals surface area contributed by atoms with Crippen LogP contribution in [0.1, 0.15) is 18.1 Å². The van der Waals surface area contributed by atoms with Crippen molar-refractivity contribution < 1.29 is 5.11 Å². The molecule has 0 spiro atoms. The summed E-state index contributed by atoms with van der Waals surface area (Å²) in [5.74, 6) is 0.776. The van der Waals surface area contributed by atoms with E-state index in [1.165, 1.54) is 5.56 Å². The van der Waals surface area contributed by atoms with Crippen LogP contribution in [0.25, 0.3) is 22.8 Å². The number of aromatic hydroxyl groups is 1. The van der Waals surface area contributed by atoms with Crippen molar-refractivity contribution in [3.05, 3.63) is 71.0 Å². The lowest BCUT2D eigenvalue weighted by molar-refractivity contribution is 0.476. The largest absolute Gasteiger partial charge is 0.507 e. The maximum absolute atomic E-state index is 10.5. The lowest BCUT2D eigenvalue weighted by Crippen LogP contribution is -2.00. The number of aryl methyl sites for hydroxylation is 2. The predicted octanol–water partition coefficient (Wildman–Crippen LogP) is 4.36. The number of nitrogens with zero attached hydrogens (tertiary/aromatic N) is 4. The quantitative estimate of drug-likeness (QED) is 0.519. The van der Waals surface area contributed by atoms with Crippen molar-refractivity contribution in [2.24, 2.45) is 0 Å². The molecule has 0 saturated carbocycles. The summed E-state index contributed by atoms with van der Waals surface area (Å²) in [7, 11) is 0. The van der Waals surface area contributed by atoms with Crippen LogP contribution in [0.5, 0.6) is 5.75 Å². The van der Waals surface area contributed by atoms with E-state index < -0.39 is 0 Å². The fourth-order valence-corrected chi connectivity index (χ4v) is 3.44. The Bertz CT molecular complexity index is 1140. The van der Waals surface area contributed by atoms with Crippen LogP contribution in [0.3, 0.4) is 0 Å². The molecule has 7 heteroatoms. The normalized spacial score (nSPS) is 11.0. The maximum atomic E-state index is 10.5. The molecule has 4 rings (SSSR count). The second-order valence-corrected chi connectivity index (χ2v) is 6.71. The van der Waals surface area contributed by atoms with Crippen LogP contribution in [0.4, 0.5) is 0 Å². The monoisotopic (exact) mass is 377 g/mol. The summed E-state index contributed by atoms with van der Waals surface area (Å²) in [6, 6.07) is 11.7. The van der Waals surface area contributed by atoms with Crippen molar-refractivity contribution in [2.45, 2.75) is 20.3 Å². The molecule has 2 N–H and O–H groups in total. The van der Waals surface area contributed by atoms with E-state index in [4.69, 9.17) is 12.2 Å². The first-order chi connectivity index (χ1) is 13.1. The van der Waals surface area contributed by atoms with E-state index in [-0.39, 0.29) is 5.75 Å². The summed E-state index contributed by atoms with van der Waals surface area (Å²) in [6.45, 7) is 4.09. The Morgan fingerprint density at radius 1 is 1.15 bits per heavy atom. The Labute approximate surface area is 161 Å². The van der Waals surface area contributed by atoms with Crippen LogP contribution in [0.2, 0.25) is 0 Å². The van der Waals surface area contributed by atoms with Gasteiger partial charge in [0.25, 0.3) is 0 Å². The minimum atomic E-state index is 0.190. The number of phenols is 1. The molecule has 136 valence electrons. The van der Waals surface area contributed by atoms with Gasteiger partial charge in [-0.2, -0.15) is 5.10 Å². The summed E-state index contributed by atoms with van der Waals surface area (Å²) in [4.78, 5) is 4.07. The van der Waals surface area contributed by atoms with E-state index in [2.05, 4.69) is 22.1 Å². The van der Waals surface area contributed by atoms with E-state index in [1.807, 2.05) is 52.6 Å². The molecule has 0 aliphatic heterocycles. The van der Waals surface area contributed by atoms with Gasteiger partial charge in [-0.1, -0.05) is 6.92 Å². The number of aromatic nitrogens is 5. The van der Waals surface area contributed by atoms with E-state index in [0.717, 1.165) is 23.4 Å². The van der Waals surface area contributed by atoms with E-state index in [9.17, 15) is 5.11 Å². The van der Waals surface area contributed by atoms with Crippen molar-refractivity contribution in [1.82, 2.24) is 24.3 Å². The molecule has 0 aliphatic rings. The van der Waals surface area contributed by atoms with E-state index >= 15 is 0 Å². The Kier molecular flexibility index (Phi) is 4.37. The molecule has 0 unspecified atom stereocenters. The first-order valence-corrected chi connectivity index (χ1v) is 9.08. The second-order valence-electron chi connectivity index (χ2n) is 6.32. The van der Waals surface area contributed by atoms with Crippen LogP contribution in [0, 0.1) is 11.7 Å². The third kappa shape index (κ3) is 3.06. The molecule has 0 saturated heterocycles. The lowest BCUT2D eigenvalue weighted by atomic mass is 10.0. The van der Waals surface area contributed by atoms with Gasteiger partial charge in [-0.15, -0.1) is 0 Å². The highest BCUT2D eigenvalue weighted by molar-refractivity contribution is 7.71. The number of imidazole rings is 1. The van der Waals surface area contributed by atoms with Crippen molar-refractivity contribution >= 4 is 12.2 Å². The van der Waals surface area contributed by atoms with Gasteiger partial charge in [-0.3, -0.25) is 9.67 Å². The van der Waals surface area contributed by atoms with Gasteiger partial charge < -0.3 is 9.67 Å². The highest BCUT2D eigenvalue weighted by Crippen LogP contribution is 2.32. The van der Waals surface area contributed by atoms with Gasteiger partial charge in [0.1, 0.15) is 5.75 Å². The lowest BCUT2D eigenvalue weighted by Gasteiger charge is -2.12. The number of hydrogen-bond donors (Lipinski definition) is 2. The SMILES string of the molecule is CCc1cc(-c2n[nH]c(=S)n2-c2ccc(-n3ccnc3)cc2)c(O)cc1C. The van der Waals surface area contributed by atoms with Gasteiger partial charge in [-0.05, 0) is 73.1 Å².